The molecule has 102 valence electrons. The number of anilines is 1. The van der Waals surface area contributed by atoms with Gasteiger partial charge in [-0.1, -0.05) is 32.4 Å². The molecule has 0 amide bonds. The Morgan fingerprint density at radius 1 is 1.50 bits per heavy atom. The highest BCUT2D eigenvalue weighted by atomic mass is 35.5. The zero-order chi connectivity index (χ0) is 13.8. The summed E-state index contributed by atoms with van der Waals surface area (Å²) in [6, 6.07) is 0.474. The van der Waals surface area contributed by atoms with E-state index in [1.807, 2.05) is 0 Å². The Kier molecular flexibility index (Phi) is 5.16. The number of hydrogen-bond acceptors (Lipinski definition) is 5. The van der Waals surface area contributed by atoms with E-state index in [0.29, 0.717) is 23.4 Å². The van der Waals surface area contributed by atoms with Crippen LogP contribution in [0.5, 0.6) is 6.01 Å². The van der Waals surface area contributed by atoms with Gasteiger partial charge in [-0.05, 0) is 18.4 Å². The molecule has 1 aromatic rings. The Labute approximate surface area is 113 Å². The van der Waals surface area contributed by atoms with Crippen LogP contribution in [0, 0.1) is 5.41 Å². The van der Waals surface area contributed by atoms with Crippen molar-refractivity contribution in [3.8, 4) is 6.01 Å². The first-order chi connectivity index (χ1) is 8.38. The topological polar surface area (TPSA) is 73.1 Å². The number of halogens is 1. The van der Waals surface area contributed by atoms with Crippen molar-refractivity contribution in [2.75, 3.05) is 19.0 Å². The zero-order valence-electron chi connectivity index (χ0n) is 11.3. The van der Waals surface area contributed by atoms with Gasteiger partial charge in [0.05, 0.1) is 13.3 Å². The fourth-order valence-corrected chi connectivity index (χ4v) is 1.75. The maximum absolute atomic E-state index is 6.07. The van der Waals surface area contributed by atoms with E-state index in [1.165, 1.54) is 13.3 Å². The number of nitrogens with zero attached hydrogens (tertiary/aromatic N) is 2. The van der Waals surface area contributed by atoms with Gasteiger partial charge in [0.1, 0.15) is 5.02 Å². The molecule has 0 radical (unpaired) electrons. The maximum Gasteiger partial charge on any atom is 0.318 e. The summed E-state index contributed by atoms with van der Waals surface area (Å²) in [5.41, 5.74) is 5.70. The molecule has 0 saturated heterocycles. The summed E-state index contributed by atoms with van der Waals surface area (Å²) in [5, 5.41) is 3.79. The maximum atomic E-state index is 6.07. The summed E-state index contributed by atoms with van der Waals surface area (Å²) in [6.45, 7) is 7.04. The number of hydrogen-bond donors (Lipinski definition) is 2. The molecule has 1 atom stereocenters. The van der Waals surface area contributed by atoms with Crippen LogP contribution in [-0.4, -0.2) is 29.7 Å². The van der Waals surface area contributed by atoms with Crippen LogP contribution in [0.25, 0.3) is 0 Å². The quantitative estimate of drug-likeness (QED) is 0.861. The molecule has 0 spiro atoms. The minimum absolute atomic E-state index is 0.0564. The van der Waals surface area contributed by atoms with Gasteiger partial charge < -0.3 is 15.8 Å². The molecule has 1 unspecified atom stereocenters. The standard InChI is InChI=1S/C12H21ClN4O/c1-12(2,3)9(5-6-14)16-10-8(13)7-15-11(17-10)18-4/h7,9H,5-6,14H2,1-4H3,(H,15,16,17). The molecule has 3 N–H and O–H groups in total. The summed E-state index contributed by atoms with van der Waals surface area (Å²) < 4.78 is 4.99. The SMILES string of the molecule is COc1ncc(Cl)c(NC(CCN)C(C)(C)C)n1. The molecule has 0 bridgehead atoms. The number of methoxy groups -OCH3 is 1. The highest BCUT2D eigenvalue weighted by Gasteiger charge is 2.25. The lowest BCUT2D eigenvalue weighted by Crippen LogP contribution is -2.36. The van der Waals surface area contributed by atoms with Gasteiger partial charge in [0, 0.05) is 6.04 Å². The molecule has 1 heterocycles. The van der Waals surface area contributed by atoms with Gasteiger partial charge in [-0.2, -0.15) is 4.98 Å². The van der Waals surface area contributed by atoms with Crippen LogP contribution in [-0.2, 0) is 0 Å². The average molecular weight is 273 g/mol. The normalized spacial score (nSPS) is 13.2. The second-order valence-corrected chi connectivity index (χ2v) is 5.60. The van der Waals surface area contributed by atoms with E-state index < -0.39 is 0 Å². The molecular weight excluding hydrogens is 252 g/mol. The van der Waals surface area contributed by atoms with E-state index >= 15 is 0 Å². The van der Waals surface area contributed by atoms with E-state index in [4.69, 9.17) is 22.1 Å². The van der Waals surface area contributed by atoms with Crippen molar-refractivity contribution >= 4 is 17.4 Å². The van der Waals surface area contributed by atoms with Crippen molar-refractivity contribution in [2.24, 2.45) is 11.1 Å². The van der Waals surface area contributed by atoms with Crippen molar-refractivity contribution in [3.63, 3.8) is 0 Å². The van der Waals surface area contributed by atoms with Crippen LogP contribution < -0.4 is 15.8 Å². The highest BCUT2D eigenvalue weighted by Crippen LogP contribution is 2.28. The Bertz CT molecular complexity index is 392. The molecule has 0 aliphatic rings. The molecular formula is C12H21ClN4O. The summed E-state index contributed by atoms with van der Waals surface area (Å²) in [4.78, 5) is 8.15. The minimum atomic E-state index is 0.0564. The van der Waals surface area contributed by atoms with E-state index in [2.05, 4.69) is 36.1 Å². The lowest BCUT2D eigenvalue weighted by molar-refractivity contribution is 0.327. The monoisotopic (exact) mass is 272 g/mol. The van der Waals surface area contributed by atoms with Gasteiger partial charge >= 0.3 is 6.01 Å². The van der Waals surface area contributed by atoms with E-state index in [-0.39, 0.29) is 11.5 Å². The number of ether oxygens (including phenoxy) is 1. The van der Waals surface area contributed by atoms with Crippen molar-refractivity contribution in [1.29, 1.82) is 0 Å². The van der Waals surface area contributed by atoms with Crippen LogP contribution in [0.4, 0.5) is 5.82 Å². The lowest BCUT2D eigenvalue weighted by Gasteiger charge is -2.32. The van der Waals surface area contributed by atoms with Gasteiger partial charge in [-0.25, -0.2) is 4.98 Å². The van der Waals surface area contributed by atoms with Gasteiger partial charge in [0.25, 0.3) is 0 Å². The van der Waals surface area contributed by atoms with Crippen molar-refractivity contribution in [1.82, 2.24) is 9.97 Å². The van der Waals surface area contributed by atoms with E-state index in [1.54, 1.807) is 0 Å². The fraction of sp³-hybridized carbons (Fsp3) is 0.667. The van der Waals surface area contributed by atoms with Crippen LogP contribution in [0.1, 0.15) is 27.2 Å². The third-order valence-electron chi connectivity index (χ3n) is 2.72. The largest absolute Gasteiger partial charge is 0.467 e. The Morgan fingerprint density at radius 3 is 2.67 bits per heavy atom. The minimum Gasteiger partial charge on any atom is -0.467 e. The first-order valence-electron chi connectivity index (χ1n) is 5.91. The first-order valence-corrected chi connectivity index (χ1v) is 6.29. The van der Waals surface area contributed by atoms with Crippen molar-refractivity contribution in [2.45, 2.75) is 33.2 Å². The predicted octanol–water partition coefficient (Wildman–Crippen LogP) is 2.31. The second kappa shape index (κ2) is 6.20. The van der Waals surface area contributed by atoms with E-state index in [0.717, 1.165) is 6.42 Å². The molecule has 1 aromatic heterocycles. The molecule has 0 saturated carbocycles. The van der Waals surface area contributed by atoms with E-state index in [9.17, 15) is 0 Å². The predicted molar refractivity (Wildman–Crippen MR) is 74.1 cm³/mol. The number of rotatable bonds is 5. The highest BCUT2D eigenvalue weighted by molar-refractivity contribution is 6.32. The molecule has 18 heavy (non-hydrogen) atoms. The molecule has 0 aliphatic heterocycles. The van der Waals surface area contributed by atoms with Crippen LogP contribution >= 0.6 is 11.6 Å². The fourth-order valence-electron chi connectivity index (χ4n) is 1.60. The van der Waals surface area contributed by atoms with Crippen molar-refractivity contribution < 1.29 is 4.74 Å². The van der Waals surface area contributed by atoms with Crippen LogP contribution in [0.2, 0.25) is 5.02 Å². The number of nitrogens with two attached hydrogens (primary N) is 1. The second-order valence-electron chi connectivity index (χ2n) is 5.19. The molecule has 6 heteroatoms. The molecule has 5 nitrogen and oxygen atoms in total. The summed E-state index contributed by atoms with van der Waals surface area (Å²) in [7, 11) is 1.52. The van der Waals surface area contributed by atoms with Crippen molar-refractivity contribution in [3.05, 3.63) is 11.2 Å². The van der Waals surface area contributed by atoms with Crippen LogP contribution in [0.3, 0.4) is 0 Å². The Morgan fingerprint density at radius 2 is 2.17 bits per heavy atom. The Hall–Kier alpha value is -1.07. The van der Waals surface area contributed by atoms with Crippen LogP contribution in [0.15, 0.2) is 6.20 Å². The van der Waals surface area contributed by atoms with Gasteiger partial charge in [0.15, 0.2) is 5.82 Å². The number of aromatic nitrogens is 2. The summed E-state index contributed by atoms with van der Waals surface area (Å²) >= 11 is 6.07. The average Bonchev–Trinajstić information content (AvgIpc) is 2.30. The molecule has 0 aliphatic carbocycles. The van der Waals surface area contributed by atoms with Gasteiger partial charge in [-0.15, -0.1) is 0 Å². The first kappa shape index (κ1) is 15.0. The molecule has 1 rings (SSSR count). The summed E-state index contributed by atoms with van der Waals surface area (Å²) in [5.74, 6) is 0.580. The van der Waals surface area contributed by atoms with Gasteiger partial charge in [-0.3, -0.25) is 0 Å². The molecule has 0 aromatic carbocycles. The Balaban J connectivity index is 2.92. The smallest absolute Gasteiger partial charge is 0.318 e. The summed E-state index contributed by atoms with van der Waals surface area (Å²) in [6.07, 6.45) is 2.37. The third kappa shape index (κ3) is 3.99. The lowest BCUT2D eigenvalue weighted by atomic mass is 9.85. The number of nitrogens with one attached hydrogen (secondary N) is 1. The van der Waals surface area contributed by atoms with Gasteiger partial charge in [0.2, 0.25) is 0 Å². The molecule has 0 fully saturated rings. The third-order valence-corrected chi connectivity index (χ3v) is 2.99. The zero-order valence-corrected chi connectivity index (χ0v) is 12.1.